The van der Waals surface area contributed by atoms with Crippen molar-refractivity contribution < 1.29 is 28.7 Å². The van der Waals surface area contributed by atoms with Crippen LogP contribution in [0, 0.1) is 15.9 Å². The van der Waals surface area contributed by atoms with Gasteiger partial charge >= 0.3 is 0 Å². The number of aliphatic hydroxyl groups excluding tert-OH is 1. The number of ketones is 1. The number of carbonyl (C=O) groups excluding carboxylic acids is 2. The van der Waals surface area contributed by atoms with E-state index < -0.39 is 34.2 Å². The lowest BCUT2D eigenvalue weighted by Crippen LogP contribution is -2.42. The second kappa shape index (κ2) is 9.47. The van der Waals surface area contributed by atoms with Gasteiger partial charge in [0.15, 0.2) is 0 Å². The molecule has 2 fully saturated rings. The number of ether oxygens (including phenoxy) is 1. The van der Waals surface area contributed by atoms with Gasteiger partial charge in [0, 0.05) is 43.9 Å². The maximum absolute atomic E-state index is 13.4. The van der Waals surface area contributed by atoms with E-state index in [1.54, 1.807) is 0 Å². The van der Waals surface area contributed by atoms with E-state index in [0.29, 0.717) is 38.4 Å². The highest BCUT2D eigenvalue weighted by Gasteiger charge is 2.46. The van der Waals surface area contributed by atoms with Crippen LogP contribution in [0.1, 0.15) is 17.2 Å². The summed E-state index contributed by atoms with van der Waals surface area (Å²) in [6, 6.07) is 9.50. The first kappa shape index (κ1) is 22.6. The molecule has 0 aromatic heterocycles. The highest BCUT2D eigenvalue weighted by Crippen LogP contribution is 2.39. The molecule has 9 nitrogen and oxygen atoms in total. The average Bonchev–Trinajstić information content (AvgIpc) is 3.08. The molecule has 0 spiro atoms. The van der Waals surface area contributed by atoms with Gasteiger partial charge in [0.2, 0.25) is 0 Å². The SMILES string of the molecule is O=C1C(=O)N(CCN2CCOCC2)[C@@H](c2ccc([N+](=O)[O-])cc2)C1=C(O)c1ccc(F)cc1. The summed E-state index contributed by atoms with van der Waals surface area (Å²) in [6.07, 6.45) is 0. The molecule has 0 bridgehead atoms. The molecule has 33 heavy (non-hydrogen) atoms. The molecule has 1 atom stereocenters. The molecular weight excluding hydrogens is 433 g/mol. The van der Waals surface area contributed by atoms with Crippen LogP contribution >= 0.6 is 0 Å². The number of hydrogen-bond donors (Lipinski definition) is 1. The molecule has 0 unspecified atom stereocenters. The van der Waals surface area contributed by atoms with Gasteiger partial charge in [-0.3, -0.25) is 24.6 Å². The van der Waals surface area contributed by atoms with Crippen LogP contribution in [0.25, 0.3) is 5.76 Å². The van der Waals surface area contributed by atoms with Crippen LogP contribution in [0.4, 0.5) is 10.1 Å². The monoisotopic (exact) mass is 455 g/mol. The van der Waals surface area contributed by atoms with Gasteiger partial charge < -0.3 is 14.7 Å². The lowest BCUT2D eigenvalue weighted by Gasteiger charge is -2.31. The minimum Gasteiger partial charge on any atom is -0.507 e. The van der Waals surface area contributed by atoms with Gasteiger partial charge in [-0.15, -0.1) is 0 Å². The fraction of sp³-hybridized carbons (Fsp3) is 0.304. The summed E-state index contributed by atoms with van der Waals surface area (Å²) < 4.78 is 18.7. The first-order chi connectivity index (χ1) is 15.9. The normalized spacial score (nSPS) is 20.9. The first-order valence-electron chi connectivity index (χ1n) is 10.5. The minimum atomic E-state index is -0.933. The van der Waals surface area contributed by atoms with Crippen molar-refractivity contribution in [2.45, 2.75) is 6.04 Å². The minimum absolute atomic E-state index is 0.137. The van der Waals surface area contributed by atoms with Crippen molar-refractivity contribution in [1.29, 1.82) is 0 Å². The number of aliphatic hydroxyl groups is 1. The Bertz CT molecular complexity index is 1090. The van der Waals surface area contributed by atoms with Crippen molar-refractivity contribution in [1.82, 2.24) is 9.80 Å². The number of halogens is 1. The smallest absolute Gasteiger partial charge is 0.295 e. The largest absolute Gasteiger partial charge is 0.507 e. The zero-order valence-corrected chi connectivity index (χ0v) is 17.6. The third-order valence-electron chi connectivity index (χ3n) is 5.84. The molecule has 0 saturated carbocycles. The Balaban J connectivity index is 1.74. The van der Waals surface area contributed by atoms with Crippen LogP contribution in [0.3, 0.4) is 0 Å². The predicted octanol–water partition coefficient (Wildman–Crippen LogP) is 2.49. The van der Waals surface area contributed by atoms with Crippen molar-refractivity contribution in [2.24, 2.45) is 0 Å². The summed E-state index contributed by atoms with van der Waals surface area (Å²) in [5, 5.41) is 22.0. The Morgan fingerprint density at radius 3 is 2.30 bits per heavy atom. The Labute approximate surface area is 188 Å². The number of rotatable bonds is 6. The Morgan fingerprint density at radius 2 is 1.70 bits per heavy atom. The van der Waals surface area contributed by atoms with E-state index in [9.17, 15) is 29.2 Å². The third kappa shape index (κ3) is 4.62. The zero-order valence-electron chi connectivity index (χ0n) is 17.6. The second-order valence-electron chi connectivity index (χ2n) is 7.80. The van der Waals surface area contributed by atoms with Crippen LogP contribution in [0.15, 0.2) is 54.1 Å². The van der Waals surface area contributed by atoms with E-state index in [-0.39, 0.29) is 23.4 Å². The number of nitro groups is 1. The molecule has 4 rings (SSSR count). The van der Waals surface area contributed by atoms with Crippen molar-refractivity contribution in [3.05, 3.63) is 81.2 Å². The number of carbonyl (C=O) groups is 2. The summed E-state index contributed by atoms with van der Waals surface area (Å²) in [5.41, 5.74) is 0.366. The second-order valence-corrected chi connectivity index (χ2v) is 7.80. The summed E-state index contributed by atoms with van der Waals surface area (Å²) in [5.74, 6) is -2.56. The van der Waals surface area contributed by atoms with Crippen LogP contribution in [0.5, 0.6) is 0 Å². The highest BCUT2D eigenvalue weighted by atomic mass is 19.1. The fourth-order valence-corrected chi connectivity index (χ4v) is 4.07. The van der Waals surface area contributed by atoms with E-state index in [2.05, 4.69) is 4.90 Å². The van der Waals surface area contributed by atoms with Crippen LogP contribution in [-0.2, 0) is 14.3 Å². The summed E-state index contributed by atoms with van der Waals surface area (Å²) >= 11 is 0. The molecule has 2 heterocycles. The van der Waals surface area contributed by atoms with Crippen molar-refractivity contribution in [3.8, 4) is 0 Å². The molecular formula is C23H22FN3O6. The molecule has 10 heteroatoms. The quantitative estimate of drug-likeness (QED) is 0.234. The molecule has 2 saturated heterocycles. The van der Waals surface area contributed by atoms with Gasteiger partial charge in [-0.2, -0.15) is 0 Å². The van der Waals surface area contributed by atoms with E-state index >= 15 is 0 Å². The van der Waals surface area contributed by atoms with Crippen molar-refractivity contribution in [2.75, 3.05) is 39.4 Å². The number of Topliss-reactive ketones (excluding diaryl/α,β-unsaturated/α-hetero) is 1. The van der Waals surface area contributed by atoms with Gasteiger partial charge in [0.1, 0.15) is 11.6 Å². The lowest BCUT2D eigenvalue weighted by molar-refractivity contribution is -0.384. The van der Waals surface area contributed by atoms with Crippen LogP contribution in [-0.4, -0.2) is 70.9 Å². The Morgan fingerprint density at radius 1 is 1.06 bits per heavy atom. The highest BCUT2D eigenvalue weighted by molar-refractivity contribution is 6.46. The molecule has 1 amide bonds. The van der Waals surface area contributed by atoms with Crippen LogP contribution in [0.2, 0.25) is 0 Å². The van der Waals surface area contributed by atoms with E-state index in [1.807, 2.05) is 0 Å². The number of morpholine rings is 1. The molecule has 0 radical (unpaired) electrons. The molecule has 2 aromatic rings. The lowest BCUT2D eigenvalue weighted by atomic mass is 9.95. The topological polar surface area (TPSA) is 113 Å². The summed E-state index contributed by atoms with van der Waals surface area (Å²) in [4.78, 5) is 39.9. The van der Waals surface area contributed by atoms with Crippen molar-refractivity contribution >= 4 is 23.1 Å². The molecule has 2 aliphatic heterocycles. The third-order valence-corrected chi connectivity index (χ3v) is 5.84. The van der Waals surface area contributed by atoms with Gasteiger partial charge in [-0.25, -0.2) is 4.39 Å². The number of non-ortho nitro benzene ring substituents is 1. The summed E-state index contributed by atoms with van der Waals surface area (Å²) in [6.45, 7) is 3.26. The zero-order chi connectivity index (χ0) is 23.5. The number of benzene rings is 2. The maximum Gasteiger partial charge on any atom is 0.295 e. The van der Waals surface area contributed by atoms with E-state index in [1.165, 1.54) is 41.3 Å². The molecule has 2 aliphatic rings. The number of likely N-dealkylation sites (tertiary alicyclic amines) is 1. The number of nitro benzene ring substituents is 1. The standard InChI is InChI=1S/C23H22FN3O6/c24-17-5-1-16(2-6-17)21(28)19-20(15-3-7-18(8-4-15)27(31)32)26(23(30)22(19)29)10-9-25-11-13-33-14-12-25/h1-8,20,28H,9-14H2/t20-/m0/s1. The Kier molecular flexibility index (Phi) is 6.47. The van der Waals surface area contributed by atoms with Gasteiger partial charge in [-0.1, -0.05) is 0 Å². The van der Waals surface area contributed by atoms with E-state index in [4.69, 9.17) is 4.74 Å². The molecule has 0 aliphatic carbocycles. The van der Waals surface area contributed by atoms with Crippen molar-refractivity contribution in [3.63, 3.8) is 0 Å². The average molecular weight is 455 g/mol. The fourth-order valence-electron chi connectivity index (χ4n) is 4.07. The number of hydrogen-bond acceptors (Lipinski definition) is 7. The van der Waals surface area contributed by atoms with Gasteiger partial charge in [0.25, 0.3) is 17.4 Å². The van der Waals surface area contributed by atoms with Gasteiger partial charge in [0.05, 0.1) is 29.8 Å². The van der Waals surface area contributed by atoms with Crippen LogP contribution < -0.4 is 0 Å². The summed E-state index contributed by atoms with van der Waals surface area (Å²) in [7, 11) is 0. The molecule has 1 N–H and O–H groups in total. The molecule has 172 valence electrons. The Hall–Kier alpha value is -3.63. The van der Waals surface area contributed by atoms with Gasteiger partial charge in [-0.05, 0) is 42.0 Å². The molecule has 2 aromatic carbocycles. The predicted molar refractivity (Wildman–Crippen MR) is 116 cm³/mol. The number of nitrogens with zero attached hydrogens (tertiary/aromatic N) is 3. The maximum atomic E-state index is 13.4. The van der Waals surface area contributed by atoms with E-state index in [0.717, 1.165) is 12.1 Å². The first-order valence-corrected chi connectivity index (χ1v) is 10.5. The number of amides is 1.